The summed E-state index contributed by atoms with van der Waals surface area (Å²) in [6.07, 6.45) is 1.64. The number of sulfonamides is 1. The van der Waals surface area contributed by atoms with Crippen molar-refractivity contribution in [3.05, 3.63) is 59.2 Å². The van der Waals surface area contributed by atoms with Gasteiger partial charge < -0.3 is 9.84 Å². The Morgan fingerprint density at radius 3 is 2.50 bits per heavy atom. The number of ether oxygens (including phenoxy) is 1. The van der Waals surface area contributed by atoms with Gasteiger partial charge in [-0.25, -0.2) is 13.1 Å². The third-order valence-corrected chi connectivity index (χ3v) is 6.12. The summed E-state index contributed by atoms with van der Waals surface area (Å²) < 4.78 is 33.1. The number of hydrogen-bond donors (Lipinski definition) is 2. The first-order valence-electron chi connectivity index (χ1n) is 8.00. The molecule has 2 aliphatic rings. The molecule has 1 heterocycles. The average molecular weight is 345 g/mol. The SMILES string of the molecule is O=S(=O)(NCC1(O)Cc2ccccc2C1)c1ccc2c(c1)CCO2. The van der Waals surface area contributed by atoms with Crippen LogP contribution < -0.4 is 9.46 Å². The Balaban J connectivity index is 1.49. The lowest BCUT2D eigenvalue weighted by Crippen LogP contribution is -2.43. The second kappa shape index (κ2) is 5.58. The molecule has 0 radical (unpaired) electrons. The average Bonchev–Trinajstić information content (AvgIpc) is 3.15. The summed E-state index contributed by atoms with van der Waals surface area (Å²) >= 11 is 0. The van der Waals surface area contributed by atoms with Crippen LogP contribution in [0.5, 0.6) is 5.75 Å². The number of rotatable bonds is 4. The van der Waals surface area contributed by atoms with Crippen LogP contribution in [0.4, 0.5) is 0 Å². The second-order valence-corrected chi connectivity index (χ2v) is 8.31. The summed E-state index contributed by atoms with van der Waals surface area (Å²) in [5.74, 6) is 0.749. The maximum atomic E-state index is 12.5. The molecule has 24 heavy (non-hydrogen) atoms. The molecule has 0 bridgehead atoms. The first-order valence-corrected chi connectivity index (χ1v) is 9.48. The summed E-state index contributed by atoms with van der Waals surface area (Å²) in [7, 11) is -3.66. The first-order chi connectivity index (χ1) is 11.5. The minimum absolute atomic E-state index is 0.00238. The number of nitrogens with one attached hydrogen (secondary N) is 1. The van der Waals surface area contributed by atoms with Crippen molar-refractivity contribution < 1.29 is 18.3 Å². The Morgan fingerprint density at radius 1 is 1.08 bits per heavy atom. The molecule has 0 fully saturated rings. The fourth-order valence-electron chi connectivity index (χ4n) is 3.44. The molecular formula is C18H19NO4S. The van der Waals surface area contributed by atoms with Gasteiger partial charge >= 0.3 is 0 Å². The maximum absolute atomic E-state index is 12.5. The van der Waals surface area contributed by atoms with Gasteiger partial charge in [0.1, 0.15) is 5.75 Å². The Kier molecular flexibility index (Phi) is 3.63. The van der Waals surface area contributed by atoms with E-state index in [0.29, 0.717) is 19.4 Å². The van der Waals surface area contributed by atoms with Crippen LogP contribution in [0.15, 0.2) is 47.4 Å². The molecule has 2 aromatic carbocycles. The summed E-state index contributed by atoms with van der Waals surface area (Å²) in [6.45, 7) is 0.585. The molecule has 126 valence electrons. The Bertz CT molecular complexity index is 867. The van der Waals surface area contributed by atoms with E-state index in [1.165, 1.54) is 0 Å². The number of fused-ring (bicyclic) bond motifs is 2. The van der Waals surface area contributed by atoms with E-state index in [-0.39, 0.29) is 11.4 Å². The second-order valence-electron chi connectivity index (χ2n) is 6.54. The van der Waals surface area contributed by atoms with Crippen LogP contribution in [0.1, 0.15) is 16.7 Å². The Hall–Kier alpha value is -1.89. The minimum Gasteiger partial charge on any atom is -0.493 e. The van der Waals surface area contributed by atoms with E-state index >= 15 is 0 Å². The van der Waals surface area contributed by atoms with E-state index in [2.05, 4.69) is 4.72 Å². The zero-order chi connectivity index (χ0) is 16.8. The van der Waals surface area contributed by atoms with Crippen molar-refractivity contribution in [3.8, 4) is 5.75 Å². The quantitative estimate of drug-likeness (QED) is 0.879. The van der Waals surface area contributed by atoms with E-state index < -0.39 is 15.6 Å². The lowest BCUT2D eigenvalue weighted by molar-refractivity contribution is 0.0567. The standard InChI is InChI=1S/C18H19NO4S/c20-18(10-14-3-1-2-4-15(14)11-18)12-19-24(21,22)16-5-6-17-13(9-16)7-8-23-17/h1-6,9,19-20H,7-8,10-12H2. The zero-order valence-electron chi connectivity index (χ0n) is 13.2. The van der Waals surface area contributed by atoms with Crippen LogP contribution in [0.2, 0.25) is 0 Å². The van der Waals surface area contributed by atoms with Gasteiger partial charge in [-0.15, -0.1) is 0 Å². The number of hydrogen-bond acceptors (Lipinski definition) is 4. The predicted molar refractivity (Wildman–Crippen MR) is 89.6 cm³/mol. The monoisotopic (exact) mass is 345 g/mol. The number of benzene rings is 2. The predicted octanol–water partition coefficient (Wildman–Crippen LogP) is 1.43. The highest BCUT2D eigenvalue weighted by molar-refractivity contribution is 7.89. The van der Waals surface area contributed by atoms with E-state index in [4.69, 9.17) is 4.74 Å². The molecule has 5 nitrogen and oxygen atoms in total. The highest BCUT2D eigenvalue weighted by Gasteiger charge is 2.36. The largest absolute Gasteiger partial charge is 0.493 e. The molecule has 0 amide bonds. The molecule has 1 aliphatic carbocycles. The summed E-state index contributed by atoms with van der Waals surface area (Å²) in [5, 5.41) is 10.7. The highest BCUT2D eigenvalue weighted by atomic mass is 32.2. The van der Waals surface area contributed by atoms with Gasteiger partial charge in [-0.1, -0.05) is 24.3 Å². The van der Waals surface area contributed by atoms with Gasteiger partial charge in [0.15, 0.2) is 0 Å². The molecule has 0 saturated heterocycles. The van der Waals surface area contributed by atoms with Crippen LogP contribution in [-0.4, -0.2) is 32.3 Å². The Labute approximate surface area is 141 Å². The molecule has 0 spiro atoms. The van der Waals surface area contributed by atoms with Gasteiger partial charge in [-0.2, -0.15) is 0 Å². The van der Waals surface area contributed by atoms with Gasteiger partial charge in [0.2, 0.25) is 10.0 Å². The van der Waals surface area contributed by atoms with Crippen molar-refractivity contribution in [1.82, 2.24) is 4.72 Å². The summed E-state index contributed by atoms with van der Waals surface area (Å²) in [4.78, 5) is 0.214. The zero-order valence-corrected chi connectivity index (χ0v) is 14.0. The van der Waals surface area contributed by atoms with E-state index in [1.807, 2.05) is 24.3 Å². The van der Waals surface area contributed by atoms with E-state index in [0.717, 1.165) is 28.9 Å². The molecule has 4 rings (SSSR count). The lowest BCUT2D eigenvalue weighted by Gasteiger charge is -2.22. The third kappa shape index (κ3) is 2.81. The van der Waals surface area contributed by atoms with Crippen LogP contribution in [0.25, 0.3) is 0 Å². The topological polar surface area (TPSA) is 75.6 Å². The molecular weight excluding hydrogens is 326 g/mol. The van der Waals surface area contributed by atoms with E-state index in [1.54, 1.807) is 18.2 Å². The normalized spacial score (nSPS) is 18.0. The summed E-state index contributed by atoms with van der Waals surface area (Å²) in [5.41, 5.74) is 1.99. The molecule has 6 heteroatoms. The molecule has 0 saturated carbocycles. The Morgan fingerprint density at radius 2 is 1.79 bits per heavy atom. The highest BCUT2D eigenvalue weighted by Crippen LogP contribution is 2.30. The number of aliphatic hydroxyl groups is 1. The van der Waals surface area contributed by atoms with Gasteiger partial charge in [0.25, 0.3) is 0 Å². The third-order valence-electron chi connectivity index (χ3n) is 4.72. The van der Waals surface area contributed by atoms with Crippen molar-refractivity contribution in [2.75, 3.05) is 13.2 Å². The molecule has 0 atom stereocenters. The van der Waals surface area contributed by atoms with Crippen LogP contribution >= 0.6 is 0 Å². The fourth-order valence-corrected chi connectivity index (χ4v) is 4.61. The van der Waals surface area contributed by atoms with Crippen molar-refractivity contribution in [2.45, 2.75) is 29.8 Å². The van der Waals surface area contributed by atoms with Crippen molar-refractivity contribution >= 4 is 10.0 Å². The first kappa shape index (κ1) is 15.6. The van der Waals surface area contributed by atoms with Gasteiger partial charge in [-0.3, -0.25) is 0 Å². The molecule has 0 unspecified atom stereocenters. The van der Waals surface area contributed by atoms with Crippen LogP contribution in [-0.2, 0) is 29.3 Å². The molecule has 1 aliphatic heterocycles. The van der Waals surface area contributed by atoms with Gasteiger partial charge in [0, 0.05) is 25.8 Å². The maximum Gasteiger partial charge on any atom is 0.240 e. The fraction of sp³-hybridized carbons (Fsp3) is 0.333. The molecule has 2 N–H and O–H groups in total. The van der Waals surface area contributed by atoms with E-state index in [9.17, 15) is 13.5 Å². The molecule has 0 aromatic heterocycles. The summed E-state index contributed by atoms with van der Waals surface area (Å²) in [6, 6.07) is 12.7. The van der Waals surface area contributed by atoms with Gasteiger partial charge in [-0.05, 0) is 34.9 Å². The van der Waals surface area contributed by atoms with Gasteiger partial charge in [0.05, 0.1) is 17.1 Å². The van der Waals surface area contributed by atoms with Crippen molar-refractivity contribution in [2.24, 2.45) is 0 Å². The van der Waals surface area contributed by atoms with Crippen LogP contribution in [0.3, 0.4) is 0 Å². The lowest BCUT2D eigenvalue weighted by atomic mass is 10.0. The van der Waals surface area contributed by atoms with Crippen LogP contribution in [0, 0.1) is 0 Å². The smallest absolute Gasteiger partial charge is 0.240 e. The molecule has 2 aromatic rings. The van der Waals surface area contributed by atoms with Crippen molar-refractivity contribution in [3.63, 3.8) is 0 Å². The minimum atomic E-state index is -3.66. The van der Waals surface area contributed by atoms with Crippen molar-refractivity contribution in [1.29, 1.82) is 0 Å².